The van der Waals surface area contributed by atoms with E-state index >= 15 is 0 Å². The average molecular weight is 377 g/mol. The summed E-state index contributed by atoms with van der Waals surface area (Å²) in [6.07, 6.45) is 9.57. The van der Waals surface area contributed by atoms with E-state index in [-0.39, 0.29) is 13.2 Å². The first-order valence-electron chi connectivity index (χ1n) is 8.11. The van der Waals surface area contributed by atoms with E-state index < -0.39 is 18.4 Å². The topological polar surface area (TPSA) is 40.5 Å². The molecule has 0 amide bonds. The van der Waals surface area contributed by atoms with Gasteiger partial charge in [-0.3, -0.25) is 0 Å². The van der Waals surface area contributed by atoms with Crippen LogP contribution in [-0.4, -0.2) is 41.8 Å². The van der Waals surface area contributed by atoms with E-state index in [2.05, 4.69) is 20.8 Å². The van der Waals surface area contributed by atoms with E-state index in [1.807, 2.05) is 6.08 Å². The molecular weight excluding hydrogens is 343 g/mol. The normalized spacial score (nSPS) is 13.0. The Bertz CT molecular complexity index is 217. The fourth-order valence-corrected chi connectivity index (χ4v) is 19.1. The van der Waals surface area contributed by atoms with Crippen LogP contribution in [0.1, 0.15) is 59.3 Å². The molecule has 2 nitrogen and oxygen atoms in total. The molecule has 0 aliphatic rings. The zero-order valence-corrected chi connectivity index (χ0v) is 16.1. The number of hydrogen-bond donors (Lipinski definition) is 2. The van der Waals surface area contributed by atoms with Crippen LogP contribution in [0.15, 0.2) is 9.67 Å². The Morgan fingerprint density at radius 1 is 0.842 bits per heavy atom. The molecule has 0 spiro atoms. The number of unbranched alkanes of at least 4 members (excludes halogenated alkanes) is 3. The molecule has 114 valence electrons. The van der Waals surface area contributed by atoms with Gasteiger partial charge < -0.3 is 0 Å². The van der Waals surface area contributed by atoms with E-state index in [4.69, 9.17) is 0 Å². The van der Waals surface area contributed by atoms with Gasteiger partial charge >= 0.3 is 124 Å². The Labute approximate surface area is 124 Å². The molecule has 2 N–H and O–H groups in total. The predicted octanol–water partition coefficient (Wildman–Crippen LogP) is 4.29. The first-order chi connectivity index (χ1) is 9.20. The van der Waals surface area contributed by atoms with Crippen LogP contribution in [-0.2, 0) is 0 Å². The van der Waals surface area contributed by atoms with Crippen molar-refractivity contribution in [3.05, 3.63) is 9.67 Å². The van der Waals surface area contributed by atoms with Crippen LogP contribution in [0.2, 0.25) is 13.3 Å². The van der Waals surface area contributed by atoms with Gasteiger partial charge in [0.05, 0.1) is 0 Å². The fourth-order valence-electron chi connectivity index (χ4n) is 2.96. The Morgan fingerprint density at radius 3 is 1.53 bits per heavy atom. The van der Waals surface area contributed by atoms with Crippen LogP contribution in [0, 0.1) is 0 Å². The third kappa shape index (κ3) is 7.14. The van der Waals surface area contributed by atoms with Gasteiger partial charge in [0.1, 0.15) is 0 Å². The molecule has 0 unspecified atom stereocenters. The Balaban J connectivity index is 5.10. The number of hydrogen-bond acceptors (Lipinski definition) is 2. The van der Waals surface area contributed by atoms with Crippen LogP contribution >= 0.6 is 0 Å². The molecule has 0 radical (unpaired) electrons. The maximum absolute atomic E-state index is 9.76. The number of aliphatic hydroxyl groups is 2. The van der Waals surface area contributed by atoms with Gasteiger partial charge in [-0.1, -0.05) is 0 Å². The quantitative estimate of drug-likeness (QED) is 0.499. The van der Waals surface area contributed by atoms with Crippen LogP contribution < -0.4 is 0 Å². The van der Waals surface area contributed by atoms with Gasteiger partial charge in [0.2, 0.25) is 0 Å². The Hall–Kier alpha value is 0.459. The summed E-state index contributed by atoms with van der Waals surface area (Å²) in [6, 6.07) is 0. The molecule has 0 saturated carbocycles. The third-order valence-corrected chi connectivity index (χ3v) is 20.4. The van der Waals surface area contributed by atoms with Gasteiger partial charge in [0, 0.05) is 0 Å². The maximum atomic E-state index is 9.76. The van der Waals surface area contributed by atoms with Gasteiger partial charge in [-0.25, -0.2) is 0 Å². The summed E-state index contributed by atoms with van der Waals surface area (Å²) in [6.45, 7) is 7.05. The van der Waals surface area contributed by atoms with Crippen molar-refractivity contribution in [3.63, 3.8) is 0 Å². The molecule has 0 rings (SSSR count). The van der Waals surface area contributed by atoms with Crippen molar-refractivity contribution in [1.82, 2.24) is 0 Å². The Morgan fingerprint density at radius 2 is 1.26 bits per heavy atom. The van der Waals surface area contributed by atoms with Crippen molar-refractivity contribution >= 4 is 18.4 Å². The number of rotatable bonds is 12. The molecule has 3 heteroatoms. The Kier molecular flexibility index (Phi) is 12.5. The van der Waals surface area contributed by atoms with Gasteiger partial charge in [-0.15, -0.1) is 0 Å². The van der Waals surface area contributed by atoms with Crippen molar-refractivity contribution < 1.29 is 10.2 Å². The zero-order valence-electron chi connectivity index (χ0n) is 13.2. The first kappa shape index (κ1) is 19.5. The van der Waals surface area contributed by atoms with Crippen molar-refractivity contribution in [2.45, 2.75) is 72.6 Å². The molecule has 0 heterocycles. The third-order valence-electron chi connectivity index (χ3n) is 4.22. The van der Waals surface area contributed by atoms with Crippen LogP contribution in [0.4, 0.5) is 0 Å². The van der Waals surface area contributed by atoms with Gasteiger partial charge in [0.25, 0.3) is 0 Å². The first-order valence-corrected chi connectivity index (χ1v) is 15.6. The minimum atomic E-state index is -2.42. The second-order valence-electron chi connectivity index (χ2n) is 5.66. The monoisotopic (exact) mass is 378 g/mol. The summed E-state index contributed by atoms with van der Waals surface area (Å²) in [5.74, 6) is 0. The number of aliphatic hydroxyl groups excluding tert-OH is 2. The second-order valence-corrected chi connectivity index (χ2v) is 19.1. The summed E-state index contributed by atoms with van der Waals surface area (Å²) < 4.78 is 5.36. The second kappa shape index (κ2) is 12.2. The van der Waals surface area contributed by atoms with Gasteiger partial charge in [-0.2, -0.15) is 0 Å². The molecule has 0 fully saturated rings. The summed E-state index contributed by atoms with van der Waals surface area (Å²) >= 11 is -2.42. The summed E-state index contributed by atoms with van der Waals surface area (Å²) in [5.41, 5.74) is 0. The van der Waals surface area contributed by atoms with E-state index in [1.54, 1.807) is 0 Å². The van der Waals surface area contributed by atoms with Crippen molar-refractivity contribution in [1.29, 1.82) is 0 Å². The minimum absolute atomic E-state index is 0.0962. The van der Waals surface area contributed by atoms with Crippen LogP contribution in [0.3, 0.4) is 0 Å². The van der Waals surface area contributed by atoms with Gasteiger partial charge in [-0.05, 0) is 0 Å². The van der Waals surface area contributed by atoms with E-state index in [9.17, 15) is 10.2 Å². The SMILES string of the molecule is CCC[CH2][Sn]([CH2]CCC)([CH2]CCC)/[C](=C/CO)CO. The molecule has 0 aromatic heterocycles. The molecule has 0 aliphatic heterocycles. The summed E-state index contributed by atoms with van der Waals surface area (Å²) in [5, 5.41) is 19.0. The van der Waals surface area contributed by atoms with Crippen molar-refractivity contribution in [3.8, 4) is 0 Å². The summed E-state index contributed by atoms with van der Waals surface area (Å²) in [4.78, 5) is 0. The predicted molar refractivity (Wildman–Crippen MR) is 87.2 cm³/mol. The van der Waals surface area contributed by atoms with E-state index in [0.717, 1.165) is 0 Å². The zero-order chi connectivity index (χ0) is 14.6. The molecule has 0 bridgehead atoms. The van der Waals surface area contributed by atoms with Crippen LogP contribution in [0.5, 0.6) is 0 Å². The van der Waals surface area contributed by atoms with Crippen molar-refractivity contribution in [2.75, 3.05) is 13.2 Å². The van der Waals surface area contributed by atoms with Crippen molar-refractivity contribution in [2.24, 2.45) is 0 Å². The molecule has 19 heavy (non-hydrogen) atoms. The van der Waals surface area contributed by atoms with Crippen LogP contribution in [0.25, 0.3) is 0 Å². The molecule has 0 atom stereocenters. The molecule has 0 aliphatic carbocycles. The standard InChI is InChI=1S/C4H7O2.3C4H9.Sn/c5-3-1-2-4-6;3*1-3-4-2;/h1,5-6H,3-4H2;3*1,3-4H2,2H3;. The fraction of sp³-hybridized carbons (Fsp3) is 0.875. The summed E-state index contributed by atoms with van der Waals surface area (Å²) in [7, 11) is 0. The van der Waals surface area contributed by atoms with Gasteiger partial charge in [0.15, 0.2) is 0 Å². The average Bonchev–Trinajstić information content (AvgIpc) is 2.44. The van der Waals surface area contributed by atoms with E-state index in [0.29, 0.717) is 0 Å². The molecule has 0 aromatic carbocycles. The molecule has 0 aromatic rings. The molecule has 0 saturated heterocycles. The van der Waals surface area contributed by atoms with E-state index in [1.165, 1.54) is 55.4 Å². The molecular formula is C16H34O2Sn.